The average Bonchev–Trinajstić information content (AvgIpc) is 3.80. The van der Waals surface area contributed by atoms with Gasteiger partial charge in [0.2, 0.25) is 17.6 Å². The fraction of sp³-hybridized carbons (Fsp3) is 0.618. The van der Waals surface area contributed by atoms with Crippen molar-refractivity contribution in [3.63, 3.8) is 0 Å². The van der Waals surface area contributed by atoms with Crippen LogP contribution in [0.2, 0.25) is 0 Å². The molecule has 5 rings (SSSR count). The number of hydrogen-bond donors (Lipinski definition) is 4. The van der Waals surface area contributed by atoms with Crippen molar-refractivity contribution in [3.8, 4) is 0 Å². The van der Waals surface area contributed by atoms with Gasteiger partial charge in [0.25, 0.3) is 21.7 Å². The van der Waals surface area contributed by atoms with Crippen LogP contribution in [0.1, 0.15) is 93.7 Å². The monoisotopic (exact) mass is 783 g/mol. The van der Waals surface area contributed by atoms with Crippen LogP contribution in [0.5, 0.6) is 0 Å². The van der Waals surface area contributed by atoms with Gasteiger partial charge in [-0.25, -0.2) is 13.1 Å². The number of carbonyl (C=O) groups excluding carboxylic acids is 5. The second-order valence-electron chi connectivity index (χ2n) is 14.6. The van der Waals surface area contributed by atoms with Crippen LogP contribution in [0.25, 0.3) is 0 Å². The first-order chi connectivity index (χ1) is 25.2. The average molecular weight is 784 g/mol. The van der Waals surface area contributed by atoms with E-state index >= 15 is 0 Å². The minimum absolute atomic E-state index is 0.00576. The number of Topliss-reactive ketones (excluding diaryl/α,β-unsaturated/α-hetero) is 1. The van der Waals surface area contributed by atoms with E-state index in [0.717, 1.165) is 44.2 Å². The lowest BCUT2D eigenvalue weighted by molar-refractivity contribution is -0.147. The third-order valence-electron chi connectivity index (χ3n) is 10.4. The molecule has 0 radical (unpaired) electrons. The van der Waals surface area contributed by atoms with Crippen molar-refractivity contribution in [1.29, 1.82) is 0 Å². The molecule has 4 amide bonds. The van der Waals surface area contributed by atoms with E-state index in [-0.39, 0.29) is 62.6 Å². The Kier molecular flexibility index (Phi) is 11.9. The largest absolute Gasteiger partial charge is 0.501 e. The zero-order valence-electron chi connectivity index (χ0n) is 29.8. The van der Waals surface area contributed by atoms with E-state index in [1.165, 1.54) is 29.6 Å². The second kappa shape index (κ2) is 15.7. The number of primary amides is 1. The van der Waals surface area contributed by atoms with E-state index in [9.17, 15) is 50.7 Å². The highest BCUT2D eigenvalue weighted by Gasteiger charge is 2.50. The van der Waals surface area contributed by atoms with Crippen LogP contribution < -0.4 is 16.4 Å². The number of halogens is 3. The van der Waals surface area contributed by atoms with E-state index in [1.54, 1.807) is 0 Å². The molecule has 2 unspecified atom stereocenters. The molecule has 1 aromatic carbocycles. The molecule has 5 N–H and O–H groups in total. The number of ether oxygens (including phenoxy) is 1. The number of likely N-dealkylation sites (tertiary alicyclic amines) is 1. The van der Waals surface area contributed by atoms with Crippen LogP contribution >= 0.6 is 0 Å². The first kappa shape index (κ1) is 40.7. The third-order valence-corrected chi connectivity index (χ3v) is 11.9. The molecule has 0 bridgehead atoms. The molecule has 1 saturated carbocycles. The van der Waals surface area contributed by atoms with Gasteiger partial charge in [0.05, 0.1) is 22.8 Å². The number of alkyl halides is 3. The first-order valence-corrected chi connectivity index (χ1v) is 19.1. The molecular weight excluding hydrogens is 739 g/mol. The Bertz CT molecular complexity index is 1850. The number of aromatic nitrogens is 3. The molecule has 1 aliphatic carbocycles. The quantitative estimate of drug-likeness (QED) is 0.225. The lowest BCUT2D eigenvalue weighted by Crippen LogP contribution is -2.64. The molecule has 2 aliphatic heterocycles. The highest BCUT2D eigenvalue weighted by molar-refractivity contribution is 7.92. The van der Waals surface area contributed by atoms with Gasteiger partial charge in [0.1, 0.15) is 23.2 Å². The molecule has 16 nitrogen and oxygen atoms in total. The summed E-state index contributed by atoms with van der Waals surface area (Å²) in [5.74, 6) is -4.62. The number of rotatable bonds is 12. The van der Waals surface area contributed by atoms with Gasteiger partial charge >= 0.3 is 5.51 Å². The van der Waals surface area contributed by atoms with Gasteiger partial charge in [-0.15, -0.1) is 5.10 Å². The van der Waals surface area contributed by atoms with E-state index in [4.69, 9.17) is 10.5 Å². The standard InChI is InChI=1S/C34H44F3N7O9S/c1-32(2,50)26-18-39-42-44(26)22-17-25(30(48)41-33(27(45)28(38)46)12-14-53-15-13-33)43(19-22)31(49)24(16-20-6-4-3-5-7-20)40-29(47)21-8-10-23(11-9-21)54(51,52)34(35,36)37/h8-11,18,20,22,24-25,50H,3-7,12-17,19H2,1-2H3,(H2,38,46)(H,40,47)(H,41,48)/t22?,24-,25?/m1/s1. The number of benzene rings is 1. The fourth-order valence-corrected chi connectivity index (χ4v) is 8.22. The Morgan fingerprint density at radius 1 is 1.06 bits per heavy atom. The summed E-state index contributed by atoms with van der Waals surface area (Å²) in [5, 5.41) is 24.2. The molecule has 2 aromatic rings. The molecule has 3 aliphatic rings. The topological polar surface area (TPSA) is 233 Å². The first-order valence-electron chi connectivity index (χ1n) is 17.6. The fourth-order valence-electron chi connectivity index (χ4n) is 7.46. The third kappa shape index (κ3) is 8.59. The maximum atomic E-state index is 14.7. The van der Waals surface area contributed by atoms with Gasteiger partial charge in [0.15, 0.2) is 0 Å². The number of nitrogens with one attached hydrogen (secondary N) is 2. The molecule has 3 heterocycles. The van der Waals surface area contributed by atoms with Crippen LogP contribution in [0.3, 0.4) is 0 Å². The molecule has 1 aromatic heterocycles. The summed E-state index contributed by atoms with van der Waals surface area (Å²) in [6.45, 7) is 2.96. The summed E-state index contributed by atoms with van der Waals surface area (Å²) >= 11 is 0. The van der Waals surface area contributed by atoms with Crippen LogP contribution in [0.15, 0.2) is 35.4 Å². The number of ketones is 1. The van der Waals surface area contributed by atoms with Crippen LogP contribution in [0, 0.1) is 5.92 Å². The SMILES string of the molecule is CC(C)(O)c1cnnn1C1CC(C(=O)NC2(C(=O)C(N)=O)CCOCC2)N(C(=O)[C@@H](CC2CCCCC2)NC(=O)c2ccc(S(=O)(=O)C(F)(F)F)cc2)C1. The maximum Gasteiger partial charge on any atom is 0.501 e. The predicted molar refractivity (Wildman–Crippen MR) is 182 cm³/mol. The Hall–Kier alpha value is -4.43. The van der Waals surface area contributed by atoms with E-state index in [0.29, 0.717) is 12.1 Å². The van der Waals surface area contributed by atoms with E-state index in [2.05, 4.69) is 20.9 Å². The van der Waals surface area contributed by atoms with Crippen molar-refractivity contribution in [2.45, 2.75) is 111 Å². The summed E-state index contributed by atoms with van der Waals surface area (Å²) in [6.07, 6.45) is 5.59. The lowest BCUT2D eigenvalue weighted by Gasteiger charge is -2.37. The van der Waals surface area contributed by atoms with Gasteiger partial charge < -0.3 is 31.1 Å². The highest BCUT2D eigenvalue weighted by atomic mass is 32.2. The van der Waals surface area contributed by atoms with Gasteiger partial charge in [-0.1, -0.05) is 37.3 Å². The number of sulfone groups is 1. The zero-order valence-corrected chi connectivity index (χ0v) is 30.6. The van der Waals surface area contributed by atoms with Crippen molar-refractivity contribution in [2.75, 3.05) is 19.8 Å². The molecule has 3 atom stereocenters. The molecule has 296 valence electrons. The maximum absolute atomic E-state index is 14.7. The summed E-state index contributed by atoms with van der Waals surface area (Å²) in [5.41, 5.74) is -3.23. The molecule has 54 heavy (non-hydrogen) atoms. The summed E-state index contributed by atoms with van der Waals surface area (Å²) < 4.78 is 69.9. The summed E-state index contributed by atoms with van der Waals surface area (Å²) in [4.78, 5) is 67.8. The van der Waals surface area contributed by atoms with Crippen LogP contribution in [0.4, 0.5) is 13.2 Å². The Morgan fingerprint density at radius 3 is 2.26 bits per heavy atom. The van der Waals surface area contributed by atoms with Crippen molar-refractivity contribution < 1.29 is 55.4 Å². The second-order valence-corrected chi connectivity index (χ2v) is 16.6. The number of hydrogen-bond acceptors (Lipinski definition) is 11. The van der Waals surface area contributed by atoms with Crippen LogP contribution in [-0.4, -0.2) is 106 Å². The minimum Gasteiger partial charge on any atom is -0.384 e. The summed E-state index contributed by atoms with van der Waals surface area (Å²) in [7, 11) is -5.67. The normalized spacial score (nSPS) is 21.6. The van der Waals surface area contributed by atoms with Gasteiger partial charge in [-0.05, 0) is 50.5 Å². The molecular formula is C34H44F3N7O9S. The minimum atomic E-state index is -5.67. The lowest BCUT2D eigenvalue weighted by atomic mass is 9.84. The smallest absolute Gasteiger partial charge is 0.384 e. The van der Waals surface area contributed by atoms with Crippen LogP contribution in [-0.2, 0) is 39.4 Å². The van der Waals surface area contributed by atoms with Gasteiger partial charge in [-0.3, -0.25) is 24.0 Å². The van der Waals surface area contributed by atoms with Gasteiger partial charge in [-0.2, -0.15) is 13.2 Å². The predicted octanol–water partition coefficient (Wildman–Crippen LogP) is 1.43. The zero-order chi connectivity index (χ0) is 39.6. The number of aliphatic hydroxyl groups is 1. The van der Waals surface area contributed by atoms with Gasteiger partial charge in [0, 0.05) is 44.6 Å². The number of carbonyl (C=O) groups is 5. The Morgan fingerprint density at radius 2 is 1.69 bits per heavy atom. The van der Waals surface area contributed by atoms with Crippen molar-refractivity contribution in [2.24, 2.45) is 11.7 Å². The number of amides is 4. The molecule has 3 fully saturated rings. The molecule has 20 heteroatoms. The van der Waals surface area contributed by atoms with E-state index < -0.39 is 78.9 Å². The molecule has 2 saturated heterocycles. The number of nitrogens with two attached hydrogens (primary N) is 1. The number of nitrogens with zero attached hydrogens (tertiary/aromatic N) is 4. The van der Waals surface area contributed by atoms with Crippen molar-refractivity contribution >= 4 is 39.2 Å². The van der Waals surface area contributed by atoms with Crippen molar-refractivity contribution in [3.05, 3.63) is 41.7 Å². The molecule has 0 spiro atoms. The Balaban J connectivity index is 1.48. The van der Waals surface area contributed by atoms with Crippen molar-refractivity contribution in [1.82, 2.24) is 30.5 Å². The highest BCUT2D eigenvalue weighted by Crippen LogP contribution is 2.35. The van der Waals surface area contributed by atoms with E-state index in [1.807, 2.05) is 0 Å². The Labute approximate surface area is 309 Å². The summed E-state index contributed by atoms with van der Waals surface area (Å²) in [6, 6.07) is -0.131.